The number of benzene rings is 1. The predicted octanol–water partition coefficient (Wildman–Crippen LogP) is 1.77. The van der Waals surface area contributed by atoms with Crippen molar-refractivity contribution in [3.05, 3.63) is 43.8 Å². The van der Waals surface area contributed by atoms with Gasteiger partial charge in [0, 0.05) is 10.9 Å². The van der Waals surface area contributed by atoms with Crippen LogP contribution in [0.5, 0.6) is 11.5 Å². The number of hydrogen-bond acceptors (Lipinski definition) is 9. The van der Waals surface area contributed by atoms with E-state index in [9.17, 15) is 24.5 Å². The Labute approximate surface area is 172 Å². The summed E-state index contributed by atoms with van der Waals surface area (Å²) in [6.45, 7) is -0.828. The van der Waals surface area contributed by atoms with Gasteiger partial charge in [-0.3, -0.25) is 19.7 Å². The molecule has 2 aromatic rings. The first kappa shape index (κ1) is 19.6. The van der Waals surface area contributed by atoms with E-state index in [4.69, 9.17) is 19.9 Å². The van der Waals surface area contributed by atoms with E-state index in [1.165, 1.54) is 11.3 Å². The van der Waals surface area contributed by atoms with E-state index in [2.05, 4.69) is 5.32 Å². The minimum Gasteiger partial charge on any atom is -0.454 e. The normalized spacial score (nSPS) is 13.6. The molecule has 1 aliphatic heterocycles. The molecular formula is C18H15N3O8S. The number of esters is 1. The minimum absolute atomic E-state index is 0.125. The number of hydrogen-bond donors (Lipinski definition) is 2. The number of aryl methyl sites for hydroxylation is 1. The summed E-state index contributed by atoms with van der Waals surface area (Å²) in [4.78, 5) is 47.8. The number of anilines is 1. The number of nitrogens with two attached hydrogens (primary N) is 1. The van der Waals surface area contributed by atoms with Crippen LogP contribution in [0.4, 0.5) is 10.7 Å². The smallest absolute Gasteiger partial charge is 0.345 e. The van der Waals surface area contributed by atoms with E-state index in [0.29, 0.717) is 11.4 Å². The number of ether oxygens (including phenoxy) is 3. The lowest BCUT2D eigenvalue weighted by Gasteiger charge is -2.08. The lowest BCUT2D eigenvalue weighted by Crippen LogP contribution is -2.23. The van der Waals surface area contributed by atoms with E-state index in [0.717, 1.165) is 35.4 Å². The van der Waals surface area contributed by atoms with Gasteiger partial charge in [-0.25, -0.2) is 4.79 Å². The van der Waals surface area contributed by atoms with Crippen LogP contribution < -0.4 is 20.5 Å². The van der Waals surface area contributed by atoms with Gasteiger partial charge >= 0.3 is 5.97 Å². The third-order valence-electron chi connectivity index (χ3n) is 4.66. The highest BCUT2D eigenvalue weighted by molar-refractivity contribution is 7.17. The zero-order chi connectivity index (χ0) is 21.4. The number of amides is 2. The molecule has 0 unspecified atom stereocenters. The molecule has 2 aliphatic rings. The van der Waals surface area contributed by atoms with E-state index >= 15 is 0 Å². The number of primary amides is 1. The van der Waals surface area contributed by atoms with Crippen molar-refractivity contribution in [3.63, 3.8) is 0 Å². The number of nitrogens with one attached hydrogen (secondary N) is 1. The molecule has 156 valence electrons. The number of nitro benzene ring substituents is 1. The largest absolute Gasteiger partial charge is 0.454 e. The van der Waals surface area contributed by atoms with E-state index in [1.807, 2.05) is 0 Å². The Morgan fingerprint density at radius 3 is 2.67 bits per heavy atom. The Morgan fingerprint density at radius 2 is 1.97 bits per heavy atom. The van der Waals surface area contributed by atoms with Crippen molar-refractivity contribution in [2.45, 2.75) is 19.3 Å². The van der Waals surface area contributed by atoms with Crippen molar-refractivity contribution in [3.8, 4) is 11.5 Å². The quantitative estimate of drug-likeness (QED) is 0.396. The van der Waals surface area contributed by atoms with Crippen molar-refractivity contribution in [2.24, 2.45) is 5.73 Å². The highest BCUT2D eigenvalue weighted by Crippen LogP contribution is 2.39. The molecule has 0 fully saturated rings. The van der Waals surface area contributed by atoms with Gasteiger partial charge in [-0.1, -0.05) is 0 Å². The van der Waals surface area contributed by atoms with E-state index in [-0.39, 0.29) is 29.4 Å². The zero-order valence-corrected chi connectivity index (χ0v) is 16.2. The van der Waals surface area contributed by atoms with Gasteiger partial charge in [0.2, 0.25) is 6.79 Å². The first-order chi connectivity index (χ1) is 14.3. The van der Waals surface area contributed by atoms with Crippen LogP contribution in [0.25, 0.3) is 0 Å². The van der Waals surface area contributed by atoms with E-state index < -0.39 is 35.0 Å². The van der Waals surface area contributed by atoms with Crippen LogP contribution in [0.15, 0.2) is 12.1 Å². The Morgan fingerprint density at radius 1 is 1.23 bits per heavy atom. The molecule has 0 radical (unpaired) electrons. The number of nitrogens with zero attached hydrogens (tertiary/aromatic N) is 1. The molecule has 0 saturated heterocycles. The summed E-state index contributed by atoms with van der Waals surface area (Å²) in [7, 11) is 0. The molecule has 4 rings (SSSR count). The zero-order valence-electron chi connectivity index (χ0n) is 15.4. The summed E-state index contributed by atoms with van der Waals surface area (Å²) in [6.07, 6.45) is 2.43. The molecule has 0 spiro atoms. The Bertz CT molecular complexity index is 1090. The molecule has 11 nitrogen and oxygen atoms in total. The molecular weight excluding hydrogens is 418 g/mol. The number of carbonyl (C=O) groups excluding carboxylic acids is 3. The van der Waals surface area contributed by atoms with Crippen molar-refractivity contribution < 1.29 is 33.5 Å². The topological polar surface area (TPSA) is 160 Å². The minimum atomic E-state index is -1.07. The molecule has 1 aromatic carbocycles. The van der Waals surface area contributed by atoms with Crippen molar-refractivity contribution in [1.29, 1.82) is 0 Å². The molecule has 0 bridgehead atoms. The highest BCUT2D eigenvalue weighted by Gasteiger charge is 2.29. The fourth-order valence-corrected chi connectivity index (χ4v) is 4.68. The van der Waals surface area contributed by atoms with Crippen LogP contribution in [0.3, 0.4) is 0 Å². The van der Waals surface area contributed by atoms with Crippen molar-refractivity contribution in [2.75, 3.05) is 18.7 Å². The monoisotopic (exact) mass is 433 g/mol. The number of rotatable bonds is 6. The summed E-state index contributed by atoms with van der Waals surface area (Å²) >= 11 is 1.26. The molecule has 0 saturated carbocycles. The second-order valence-electron chi connectivity index (χ2n) is 6.53. The molecule has 12 heteroatoms. The van der Waals surface area contributed by atoms with Crippen LogP contribution >= 0.6 is 11.3 Å². The Kier molecular flexibility index (Phi) is 4.99. The number of nitro groups is 1. The average Bonchev–Trinajstić information content (AvgIpc) is 3.39. The second kappa shape index (κ2) is 7.63. The average molecular weight is 433 g/mol. The van der Waals surface area contributed by atoms with Gasteiger partial charge in [-0.15, -0.1) is 11.3 Å². The molecule has 1 aliphatic carbocycles. The lowest BCUT2D eigenvalue weighted by atomic mass is 10.1. The molecule has 3 N–H and O–H groups in total. The van der Waals surface area contributed by atoms with Gasteiger partial charge < -0.3 is 25.3 Å². The predicted molar refractivity (Wildman–Crippen MR) is 103 cm³/mol. The van der Waals surface area contributed by atoms with Gasteiger partial charge in [0.05, 0.1) is 16.6 Å². The third kappa shape index (κ3) is 3.52. The summed E-state index contributed by atoms with van der Waals surface area (Å²) in [5, 5.41) is 14.1. The number of carbonyl (C=O) groups is 3. The number of fused-ring (bicyclic) bond motifs is 2. The van der Waals surface area contributed by atoms with E-state index in [1.54, 1.807) is 0 Å². The van der Waals surface area contributed by atoms with Crippen LogP contribution in [0, 0.1) is 10.1 Å². The Hall–Kier alpha value is -3.67. The third-order valence-corrected chi connectivity index (χ3v) is 5.87. The number of thiophene rings is 1. The van der Waals surface area contributed by atoms with Crippen LogP contribution in [-0.4, -0.2) is 36.1 Å². The van der Waals surface area contributed by atoms with Crippen molar-refractivity contribution >= 4 is 39.8 Å². The maximum absolute atomic E-state index is 12.3. The highest BCUT2D eigenvalue weighted by atomic mass is 32.1. The van der Waals surface area contributed by atoms with Crippen molar-refractivity contribution in [1.82, 2.24) is 0 Å². The second-order valence-corrected chi connectivity index (χ2v) is 7.63. The van der Waals surface area contributed by atoms with Crippen LogP contribution in [-0.2, 0) is 22.4 Å². The van der Waals surface area contributed by atoms with Gasteiger partial charge in [-0.2, -0.15) is 0 Å². The molecule has 0 atom stereocenters. The van der Waals surface area contributed by atoms with Gasteiger partial charge in [0.1, 0.15) is 10.6 Å². The summed E-state index contributed by atoms with van der Waals surface area (Å²) in [5.74, 6) is -2.11. The van der Waals surface area contributed by atoms with Gasteiger partial charge in [0.15, 0.2) is 18.1 Å². The molecule has 1 aromatic heterocycles. The maximum Gasteiger partial charge on any atom is 0.345 e. The molecule has 2 heterocycles. The van der Waals surface area contributed by atoms with Crippen LogP contribution in [0.2, 0.25) is 0 Å². The fraction of sp³-hybridized carbons (Fsp3) is 0.278. The summed E-state index contributed by atoms with van der Waals surface area (Å²) in [5.41, 5.74) is 5.66. The maximum atomic E-state index is 12.3. The first-order valence-corrected chi connectivity index (χ1v) is 9.66. The SMILES string of the molecule is NC(=O)c1c(NC(=O)COC(=O)c2cc3c(cc2[N+](=O)[O-])OCO3)sc2c1CCC2. The van der Waals surface area contributed by atoms with Crippen LogP contribution in [0.1, 0.15) is 37.6 Å². The van der Waals surface area contributed by atoms with Gasteiger partial charge in [0.25, 0.3) is 17.5 Å². The van der Waals surface area contributed by atoms with Gasteiger partial charge in [-0.05, 0) is 24.8 Å². The molecule has 2 amide bonds. The standard InChI is InChI=1S/C18H15N3O8S/c19-16(23)15-8-2-1-3-13(8)30-17(15)20-14(22)6-27-18(24)9-4-11-12(29-7-28-11)5-10(9)21(25)26/h4-5H,1-3,6-7H2,(H2,19,23)(H,20,22). The summed E-state index contributed by atoms with van der Waals surface area (Å²) < 4.78 is 15.1. The lowest BCUT2D eigenvalue weighted by molar-refractivity contribution is -0.385. The Balaban J connectivity index is 1.46. The molecule has 30 heavy (non-hydrogen) atoms. The summed E-state index contributed by atoms with van der Waals surface area (Å²) in [6, 6.07) is 2.20. The fourth-order valence-electron chi connectivity index (χ4n) is 3.37. The first-order valence-electron chi connectivity index (χ1n) is 8.84.